The average molecular weight is 374 g/mol. The molecule has 146 valence electrons. The lowest BCUT2D eigenvalue weighted by Gasteiger charge is -2.47. The van der Waals surface area contributed by atoms with Gasteiger partial charge in [0.15, 0.2) is 11.6 Å². The fourth-order valence-electron chi connectivity index (χ4n) is 4.34. The molecule has 2 aromatic carbocycles. The number of quaternary nitrogens is 1. The minimum atomic E-state index is -0.861. The molecule has 3 unspecified atom stereocenters. The molecule has 3 rings (SSSR count). The molecule has 0 aromatic heterocycles. The van der Waals surface area contributed by atoms with Gasteiger partial charge >= 0.3 is 0 Å². The zero-order valence-electron chi connectivity index (χ0n) is 16.3. The number of hydrogen-bond donors (Lipinski definition) is 0. The Kier molecular flexibility index (Phi) is 6.48. The fourth-order valence-corrected chi connectivity index (χ4v) is 4.34. The highest BCUT2D eigenvalue weighted by Crippen LogP contribution is 2.36. The van der Waals surface area contributed by atoms with Crippen LogP contribution in [0, 0.1) is 11.6 Å². The quantitative estimate of drug-likeness (QED) is 0.457. The maximum Gasteiger partial charge on any atom is 0.162 e. The molecule has 2 nitrogen and oxygen atoms in total. The number of piperidine rings is 1. The van der Waals surface area contributed by atoms with Crippen molar-refractivity contribution in [3.63, 3.8) is 0 Å². The van der Waals surface area contributed by atoms with Gasteiger partial charge in [-0.25, -0.2) is 8.78 Å². The predicted octanol–water partition coefficient (Wildman–Crippen LogP) is 5.54. The highest BCUT2D eigenvalue weighted by molar-refractivity contribution is 5.23. The molecule has 0 aliphatic carbocycles. The van der Waals surface area contributed by atoms with Gasteiger partial charge in [0, 0.05) is 12.0 Å². The Balaban J connectivity index is 1.48. The fraction of sp³-hybridized carbons (Fsp3) is 0.478. The van der Waals surface area contributed by atoms with E-state index in [1.54, 1.807) is 0 Å². The van der Waals surface area contributed by atoms with E-state index in [0.29, 0.717) is 24.3 Å². The summed E-state index contributed by atoms with van der Waals surface area (Å²) < 4.78 is 32.8. The van der Waals surface area contributed by atoms with Crippen LogP contribution < -0.4 is 4.74 Å². The van der Waals surface area contributed by atoms with Crippen LogP contribution in [-0.4, -0.2) is 37.3 Å². The number of halogens is 2. The highest BCUT2D eigenvalue weighted by Gasteiger charge is 2.39. The molecule has 1 aliphatic rings. The van der Waals surface area contributed by atoms with Gasteiger partial charge in [-0.1, -0.05) is 30.3 Å². The van der Waals surface area contributed by atoms with Crippen molar-refractivity contribution < 1.29 is 18.0 Å². The van der Waals surface area contributed by atoms with Crippen molar-refractivity contribution in [3.05, 3.63) is 65.7 Å². The van der Waals surface area contributed by atoms with Gasteiger partial charge in [0.2, 0.25) is 0 Å². The first-order chi connectivity index (χ1) is 13.0. The van der Waals surface area contributed by atoms with E-state index >= 15 is 0 Å². The molecule has 0 amide bonds. The summed E-state index contributed by atoms with van der Waals surface area (Å²) in [6.07, 6.45) is 4.49. The minimum Gasteiger partial charge on any atom is -0.493 e. The van der Waals surface area contributed by atoms with Crippen molar-refractivity contribution >= 4 is 0 Å². The van der Waals surface area contributed by atoms with Crippen molar-refractivity contribution in [3.8, 4) is 5.75 Å². The standard InChI is InChI=1S/C23H30F2NO/c1-18-21(19-9-4-3-5-10-19)11-8-15-26(18,2)14-6-7-16-27-20-12-13-22(24)23(25)17-20/h3-5,9-10,12-13,17-18,21H,6-8,11,14-16H2,1-2H3/q+1. The second-order valence-corrected chi connectivity index (χ2v) is 7.96. The Hall–Kier alpha value is -1.94. The third-order valence-electron chi connectivity index (χ3n) is 6.20. The monoisotopic (exact) mass is 374 g/mol. The third kappa shape index (κ3) is 4.86. The molecule has 0 bridgehead atoms. The number of likely N-dealkylation sites (tertiary alicyclic amines) is 1. The van der Waals surface area contributed by atoms with Crippen LogP contribution in [0.3, 0.4) is 0 Å². The molecule has 4 heteroatoms. The molecule has 2 aromatic rings. The minimum absolute atomic E-state index is 0.393. The summed E-state index contributed by atoms with van der Waals surface area (Å²) in [5.41, 5.74) is 1.45. The van der Waals surface area contributed by atoms with Crippen molar-refractivity contribution in [2.24, 2.45) is 0 Å². The third-order valence-corrected chi connectivity index (χ3v) is 6.20. The molecule has 1 fully saturated rings. The normalized spacial score (nSPS) is 25.3. The molecule has 1 saturated heterocycles. The van der Waals surface area contributed by atoms with E-state index in [1.165, 1.54) is 31.0 Å². The number of ether oxygens (including phenoxy) is 1. The van der Waals surface area contributed by atoms with Gasteiger partial charge < -0.3 is 9.22 Å². The summed E-state index contributed by atoms with van der Waals surface area (Å²) in [4.78, 5) is 0. The van der Waals surface area contributed by atoms with Gasteiger partial charge in [-0.05, 0) is 50.3 Å². The Morgan fingerprint density at radius 1 is 1.04 bits per heavy atom. The zero-order chi connectivity index (χ0) is 19.3. The maximum absolute atomic E-state index is 13.2. The molecule has 27 heavy (non-hydrogen) atoms. The summed E-state index contributed by atoms with van der Waals surface area (Å²) in [5.74, 6) is -0.695. The summed E-state index contributed by atoms with van der Waals surface area (Å²) >= 11 is 0. The number of unbranched alkanes of at least 4 members (excludes halogenated alkanes) is 1. The van der Waals surface area contributed by atoms with Gasteiger partial charge in [0.1, 0.15) is 5.75 Å². The Morgan fingerprint density at radius 2 is 1.81 bits per heavy atom. The van der Waals surface area contributed by atoms with E-state index in [9.17, 15) is 8.78 Å². The predicted molar refractivity (Wildman–Crippen MR) is 105 cm³/mol. The van der Waals surface area contributed by atoms with Crippen LogP contribution in [0.2, 0.25) is 0 Å². The Labute approximate surface area is 161 Å². The van der Waals surface area contributed by atoms with Gasteiger partial charge in [-0.2, -0.15) is 0 Å². The second kappa shape index (κ2) is 8.83. The van der Waals surface area contributed by atoms with Gasteiger partial charge in [-0.15, -0.1) is 0 Å². The van der Waals surface area contributed by atoms with Gasteiger partial charge in [0.05, 0.1) is 32.8 Å². The van der Waals surface area contributed by atoms with Gasteiger partial charge in [0.25, 0.3) is 0 Å². The van der Waals surface area contributed by atoms with E-state index < -0.39 is 11.6 Å². The molecule has 3 atom stereocenters. The first-order valence-corrected chi connectivity index (χ1v) is 9.96. The molecule has 1 aliphatic heterocycles. The summed E-state index contributed by atoms with van der Waals surface area (Å²) in [6.45, 7) is 5.25. The van der Waals surface area contributed by atoms with Gasteiger partial charge in [-0.3, -0.25) is 0 Å². The van der Waals surface area contributed by atoms with Crippen LogP contribution in [0.4, 0.5) is 8.78 Å². The molecule has 0 radical (unpaired) electrons. The summed E-state index contributed by atoms with van der Waals surface area (Å²) in [7, 11) is 2.37. The number of benzene rings is 2. The van der Waals surface area contributed by atoms with Crippen molar-refractivity contribution in [2.45, 2.75) is 44.6 Å². The lowest BCUT2D eigenvalue weighted by atomic mass is 9.82. The van der Waals surface area contributed by atoms with Crippen LogP contribution in [0.15, 0.2) is 48.5 Å². The second-order valence-electron chi connectivity index (χ2n) is 7.96. The molecule has 0 N–H and O–H groups in total. The topological polar surface area (TPSA) is 9.23 Å². The first-order valence-electron chi connectivity index (χ1n) is 9.96. The summed E-state index contributed by atoms with van der Waals surface area (Å²) in [6, 6.07) is 15.2. The Morgan fingerprint density at radius 3 is 2.56 bits per heavy atom. The molecule has 0 saturated carbocycles. The lowest BCUT2D eigenvalue weighted by Crippen LogP contribution is -2.57. The summed E-state index contributed by atoms with van der Waals surface area (Å²) in [5, 5.41) is 0. The van der Waals surface area contributed by atoms with E-state index in [4.69, 9.17) is 4.74 Å². The maximum atomic E-state index is 13.2. The van der Waals surface area contributed by atoms with E-state index in [-0.39, 0.29) is 0 Å². The largest absolute Gasteiger partial charge is 0.493 e. The van der Waals surface area contributed by atoms with Crippen LogP contribution in [0.5, 0.6) is 5.75 Å². The van der Waals surface area contributed by atoms with E-state index in [1.807, 2.05) is 0 Å². The lowest BCUT2D eigenvalue weighted by molar-refractivity contribution is -0.938. The van der Waals surface area contributed by atoms with Crippen LogP contribution >= 0.6 is 0 Å². The molecule has 0 spiro atoms. The SMILES string of the molecule is CC1C(c2ccccc2)CCC[N+]1(C)CCCCOc1ccc(F)c(F)c1. The first kappa shape index (κ1) is 19.8. The van der Waals surface area contributed by atoms with E-state index in [2.05, 4.69) is 44.3 Å². The highest BCUT2D eigenvalue weighted by atomic mass is 19.2. The van der Waals surface area contributed by atoms with Crippen molar-refractivity contribution in [1.29, 1.82) is 0 Å². The average Bonchev–Trinajstić information content (AvgIpc) is 2.67. The molecule has 1 heterocycles. The van der Waals surface area contributed by atoms with Crippen LogP contribution in [-0.2, 0) is 0 Å². The van der Waals surface area contributed by atoms with E-state index in [0.717, 1.165) is 36.0 Å². The number of nitrogens with zero attached hydrogens (tertiary/aromatic N) is 1. The van der Waals surface area contributed by atoms with Crippen molar-refractivity contribution in [1.82, 2.24) is 0 Å². The van der Waals surface area contributed by atoms with Crippen molar-refractivity contribution in [2.75, 3.05) is 26.7 Å². The van der Waals surface area contributed by atoms with Crippen LogP contribution in [0.25, 0.3) is 0 Å². The number of likely N-dealkylation sites (N-methyl/N-ethyl adjacent to an activating group) is 1. The molecular formula is C23H30F2NO+. The smallest absolute Gasteiger partial charge is 0.162 e. The Bertz CT molecular complexity index is 736. The van der Waals surface area contributed by atoms with Crippen LogP contribution in [0.1, 0.15) is 44.1 Å². The number of rotatable bonds is 7. The zero-order valence-corrected chi connectivity index (χ0v) is 16.3. The number of hydrogen-bond acceptors (Lipinski definition) is 1. The molecular weight excluding hydrogens is 344 g/mol.